The highest BCUT2D eigenvalue weighted by Gasteiger charge is 2.12. The van der Waals surface area contributed by atoms with Gasteiger partial charge in [0.1, 0.15) is 6.54 Å². The number of likely N-dealkylation sites (N-methyl/N-ethyl adjacent to an activating group) is 1. The quantitative estimate of drug-likeness (QED) is 0.775. The molecule has 0 atom stereocenters. The molecule has 0 aliphatic rings. The summed E-state index contributed by atoms with van der Waals surface area (Å²) in [5.41, 5.74) is 1.56. The second kappa shape index (κ2) is 4.42. The first-order chi connectivity index (χ1) is 8.15. The predicted octanol–water partition coefficient (Wildman–Crippen LogP) is -0.167. The van der Waals surface area contributed by atoms with E-state index in [1.165, 1.54) is 11.6 Å². The second-order valence-electron chi connectivity index (χ2n) is 3.59. The van der Waals surface area contributed by atoms with Crippen molar-refractivity contribution in [2.24, 2.45) is 0 Å². The minimum absolute atomic E-state index is 0.1000. The molecule has 0 radical (unpaired) electrons. The van der Waals surface area contributed by atoms with Crippen molar-refractivity contribution in [1.82, 2.24) is 9.88 Å². The van der Waals surface area contributed by atoms with Gasteiger partial charge in [0.05, 0.1) is 12.1 Å². The molecule has 90 valence electrons. The molecule has 6 heteroatoms. The standard InChI is InChI=1S/C11H12N2O4/c1-12-10(15)5-13-8-4-7(6-14)2-3-9(8)17-11(13)16/h2-4,14H,5-6H2,1H3,(H,12,15). The fraction of sp³-hybridized carbons (Fsp3) is 0.273. The molecule has 1 aromatic heterocycles. The Kier molecular flexibility index (Phi) is 2.97. The van der Waals surface area contributed by atoms with Gasteiger partial charge in [-0.1, -0.05) is 6.07 Å². The molecule has 1 amide bonds. The number of oxazole rings is 1. The number of carbonyl (C=O) groups is 1. The highest BCUT2D eigenvalue weighted by molar-refractivity contribution is 5.79. The molecule has 0 fully saturated rings. The van der Waals surface area contributed by atoms with E-state index in [-0.39, 0.29) is 19.1 Å². The smallest absolute Gasteiger partial charge is 0.408 e. The fourth-order valence-electron chi connectivity index (χ4n) is 1.58. The number of aromatic nitrogens is 1. The van der Waals surface area contributed by atoms with Gasteiger partial charge in [0.15, 0.2) is 5.58 Å². The summed E-state index contributed by atoms with van der Waals surface area (Å²) in [6.07, 6.45) is 0. The first-order valence-electron chi connectivity index (χ1n) is 5.09. The fourth-order valence-corrected chi connectivity index (χ4v) is 1.58. The summed E-state index contributed by atoms with van der Waals surface area (Å²) in [7, 11) is 1.49. The van der Waals surface area contributed by atoms with E-state index in [9.17, 15) is 9.59 Å². The van der Waals surface area contributed by atoms with Crippen LogP contribution >= 0.6 is 0 Å². The molecule has 2 aromatic rings. The first kappa shape index (κ1) is 11.4. The summed E-state index contributed by atoms with van der Waals surface area (Å²) in [6.45, 7) is -0.230. The number of rotatable bonds is 3. The highest BCUT2D eigenvalue weighted by atomic mass is 16.4. The van der Waals surface area contributed by atoms with Crippen LogP contribution in [0.3, 0.4) is 0 Å². The van der Waals surface area contributed by atoms with Crippen molar-refractivity contribution in [2.75, 3.05) is 7.05 Å². The molecule has 0 spiro atoms. The third-order valence-corrected chi connectivity index (χ3v) is 2.49. The van der Waals surface area contributed by atoms with Crippen LogP contribution in [0.4, 0.5) is 0 Å². The van der Waals surface area contributed by atoms with Crippen molar-refractivity contribution in [3.63, 3.8) is 0 Å². The number of nitrogens with one attached hydrogen (secondary N) is 1. The van der Waals surface area contributed by atoms with E-state index in [0.717, 1.165) is 0 Å². The summed E-state index contributed by atoms with van der Waals surface area (Å²) >= 11 is 0. The van der Waals surface area contributed by atoms with Crippen molar-refractivity contribution in [1.29, 1.82) is 0 Å². The summed E-state index contributed by atoms with van der Waals surface area (Å²) < 4.78 is 6.22. The molecule has 0 unspecified atom stereocenters. The molecule has 1 aromatic carbocycles. The van der Waals surface area contributed by atoms with Crippen LogP contribution < -0.4 is 11.1 Å². The zero-order valence-electron chi connectivity index (χ0n) is 9.27. The van der Waals surface area contributed by atoms with E-state index in [1.807, 2.05) is 0 Å². The Balaban J connectivity index is 2.56. The van der Waals surface area contributed by atoms with Crippen LogP contribution in [0.5, 0.6) is 0 Å². The lowest BCUT2D eigenvalue weighted by molar-refractivity contribution is -0.121. The summed E-state index contributed by atoms with van der Waals surface area (Å²) in [5.74, 6) is -0.872. The Morgan fingerprint density at radius 2 is 2.29 bits per heavy atom. The van der Waals surface area contributed by atoms with Gasteiger partial charge in [0.25, 0.3) is 0 Å². The van der Waals surface area contributed by atoms with Crippen LogP contribution in [-0.4, -0.2) is 22.6 Å². The number of aliphatic hydroxyl groups is 1. The van der Waals surface area contributed by atoms with Crippen LogP contribution in [-0.2, 0) is 17.9 Å². The first-order valence-corrected chi connectivity index (χ1v) is 5.09. The minimum Gasteiger partial charge on any atom is -0.408 e. The molecular weight excluding hydrogens is 224 g/mol. The second-order valence-corrected chi connectivity index (χ2v) is 3.59. The maximum absolute atomic E-state index is 11.5. The van der Waals surface area contributed by atoms with Gasteiger partial charge in [-0.15, -0.1) is 0 Å². The van der Waals surface area contributed by atoms with Gasteiger partial charge in [0.2, 0.25) is 5.91 Å². The predicted molar refractivity (Wildman–Crippen MR) is 60.5 cm³/mol. The van der Waals surface area contributed by atoms with E-state index < -0.39 is 5.76 Å². The van der Waals surface area contributed by atoms with Gasteiger partial charge in [-0.3, -0.25) is 9.36 Å². The van der Waals surface area contributed by atoms with Crippen molar-refractivity contribution in [3.05, 3.63) is 34.3 Å². The van der Waals surface area contributed by atoms with Gasteiger partial charge < -0.3 is 14.8 Å². The van der Waals surface area contributed by atoms with E-state index >= 15 is 0 Å². The van der Waals surface area contributed by atoms with Crippen molar-refractivity contribution in [2.45, 2.75) is 13.2 Å². The maximum Gasteiger partial charge on any atom is 0.420 e. The Bertz CT molecular complexity index is 611. The van der Waals surface area contributed by atoms with Gasteiger partial charge >= 0.3 is 5.76 Å². The summed E-state index contributed by atoms with van der Waals surface area (Å²) in [4.78, 5) is 22.8. The highest BCUT2D eigenvalue weighted by Crippen LogP contribution is 2.15. The lowest BCUT2D eigenvalue weighted by Crippen LogP contribution is -2.27. The van der Waals surface area contributed by atoms with Crippen molar-refractivity contribution >= 4 is 17.0 Å². The summed E-state index contributed by atoms with van der Waals surface area (Å²) in [5, 5.41) is 11.5. The van der Waals surface area contributed by atoms with Gasteiger partial charge in [-0.2, -0.15) is 0 Å². The van der Waals surface area contributed by atoms with Gasteiger partial charge in [-0.25, -0.2) is 4.79 Å². The molecule has 0 saturated carbocycles. The van der Waals surface area contributed by atoms with Gasteiger partial charge in [0, 0.05) is 7.05 Å². The normalized spacial score (nSPS) is 10.7. The molecule has 2 N–H and O–H groups in total. The van der Waals surface area contributed by atoms with Crippen LogP contribution in [0.15, 0.2) is 27.4 Å². The van der Waals surface area contributed by atoms with Crippen molar-refractivity contribution < 1.29 is 14.3 Å². The Labute approximate surface area is 96.5 Å². The Hall–Kier alpha value is -2.08. The number of hydrogen-bond acceptors (Lipinski definition) is 4. The summed E-state index contributed by atoms with van der Waals surface area (Å²) in [6, 6.07) is 4.89. The average Bonchev–Trinajstić information content (AvgIpc) is 2.65. The number of benzene rings is 1. The van der Waals surface area contributed by atoms with Crippen LogP contribution in [0, 0.1) is 0 Å². The zero-order valence-corrected chi connectivity index (χ0v) is 9.27. The molecular formula is C11H12N2O4. The van der Waals surface area contributed by atoms with E-state index in [4.69, 9.17) is 9.52 Å². The monoisotopic (exact) mass is 236 g/mol. The van der Waals surface area contributed by atoms with E-state index in [2.05, 4.69) is 5.32 Å². The number of nitrogens with zero attached hydrogens (tertiary/aromatic N) is 1. The zero-order chi connectivity index (χ0) is 12.4. The lowest BCUT2D eigenvalue weighted by atomic mass is 10.2. The number of amides is 1. The molecule has 0 aliphatic heterocycles. The number of aliphatic hydroxyl groups excluding tert-OH is 1. The molecule has 1 heterocycles. The Morgan fingerprint density at radius 3 is 2.94 bits per heavy atom. The molecule has 0 bridgehead atoms. The van der Waals surface area contributed by atoms with E-state index in [0.29, 0.717) is 16.7 Å². The molecule has 0 aliphatic carbocycles. The topological polar surface area (TPSA) is 84.5 Å². The van der Waals surface area contributed by atoms with Crippen LogP contribution in [0.1, 0.15) is 5.56 Å². The Morgan fingerprint density at radius 1 is 1.53 bits per heavy atom. The van der Waals surface area contributed by atoms with E-state index in [1.54, 1.807) is 18.2 Å². The average molecular weight is 236 g/mol. The number of fused-ring (bicyclic) bond motifs is 1. The minimum atomic E-state index is -0.585. The van der Waals surface area contributed by atoms with Crippen molar-refractivity contribution in [3.8, 4) is 0 Å². The number of carbonyl (C=O) groups excluding carboxylic acids is 1. The van der Waals surface area contributed by atoms with Crippen LogP contribution in [0.2, 0.25) is 0 Å². The lowest BCUT2D eigenvalue weighted by Gasteiger charge is -2.01. The SMILES string of the molecule is CNC(=O)Cn1c(=O)oc2ccc(CO)cc21. The largest absolute Gasteiger partial charge is 0.420 e. The maximum atomic E-state index is 11.5. The molecule has 2 rings (SSSR count). The molecule has 0 saturated heterocycles. The van der Waals surface area contributed by atoms with Crippen LogP contribution in [0.25, 0.3) is 11.1 Å². The third-order valence-electron chi connectivity index (χ3n) is 2.49. The molecule has 6 nitrogen and oxygen atoms in total. The van der Waals surface area contributed by atoms with Gasteiger partial charge in [-0.05, 0) is 17.7 Å². The molecule has 17 heavy (non-hydrogen) atoms. The third kappa shape index (κ3) is 2.07. The number of hydrogen-bond donors (Lipinski definition) is 2.